The molecule has 0 saturated carbocycles. The Hall–Kier alpha value is -1.47. The van der Waals surface area contributed by atoms with Gasteiger partial charge in [-0.15, -0.1) is 11.3 Å². The summed E-state index contributed by atoms with van der Waals surface area (Å²) in [5.41, 5.74) is 0.558. The molecule has 5 nitrogen and oxygen atoms in total. The number of nitrogens with zero attached hydrogens (tertiary/aromatic N) is 2. The lowest BCUT2D eigenvalue weighted by molar-refractivity contribution is -0.384. The molecule has 2 rings (SSSR count). The van der Waals surface area contributed by atoms with Crippen molar-refractivity contribution < 1.29 is 4.92 Å². The van der Waals surface area contributed by atoms with Gasteiger partial charge in [0.05, 0.1) is 11.5 Å². The summed E-state index contributed by atoms with van der Waals surface area (Å²) in [5, 5.41) is 15.0. The Balaban J connectivity index is 2.12. The second kappa shape index (κ2) is 6.12. The molecule has 19 heavy (non-hydrogen) atoms. The van der Waals surface area contributed by atoms with Crippen LogP contribution in [0.2, 0.25) is 0 Å². The van der Waals surface area contributed by atoms with Gasteiger partial charge in [0.2, 0.25) is 0 Å². The number of rotatable bonds is 5. The first-order chi connectivity index (χ1) is 9.10. The van der Waals surface area contributed by atoms with Crippen LogP contribution < -0.4 is 5.32 Å². The van der Waals surface area contributed by atoms with Gasteiger partial charge < -0.3 is 5.32 Å². The minimum absolute atomic E-state index is 0.0571. The molecule has 0 radical (unpaired) electrons. The predicted octanol–water partition coefficient (Wildman–Crippen LogP) is 3.99. The highest BCUT2D eigenvalue weighted by molar-refractivity contribution is 9.10. The van der Waals surface area contributed by atoms with E-state index >= 15 is 0 Å². The summed E-state index contributed by atoms with van der Waals surface area (Å²) >= 11 is 4.85. The smallest absolute Gasteiger partial charge is 0.293 e. The zero-order valence-corrected chi connectivity index (χ0v) is 12.6. The van der Waals surface area contributed by atoms with Crippen LogP contribution in [0.25, 0.3) is 0 Å². The summed E-state index contributed by atoms with van der Waals surface area (Å²) in [6.07, 6.45) is 2.80. The fraction of sp³-hybridized carbons (Fsp3) is 0.250. The maximum Gasteiger partial charge on any atom is 0.293 e. The zero-order valence-electron chi connectivity index (χ0n) is 10.2. The molecule has 0 bridgehead atoms. The van der Waals surface area contributed by atoms with Gasteiger partial charge in [-0.05, 0) is 18.6 Å². The Morgan fingerprint density at radius 1 is 1.53 bits per heavy atom. The molecule has 1 aromatic heterocycles. The first-order valence-electron chi connectivity index (χ1n) is 5.71. The third kappa shape index (κ3) is 3.51. The van der Waals surface area contributed by atoms with Crippen LogP contribution >= 0.6 is 27.3 Å². The maximum atomic E-state index is 11.0. The number of aryl methyl sites for hydroxylation is 1. The molecule has 0 unspecified atom stereocenters. The summed E-state index contributed by atoms with van der Waals surface area (Å²) in [5.74, 6) is 0. The Labute approximate surface area is 123 Å². The van der Waals surface area contributed by atoms with E-state index in [1.54, 1.807) is 23.5 Å². The van der Waals surface area contributed by atoms with Gasteiger partial charge in [-0.25, -0.2) is 4.98 Å². The van der Waals surface area contributed by atoms with Crippen LogP contribution in [0, 0.1) is 10.1 Å². The van der Waals surface area contributed by atoms with Gasteiger partial charge in [-0.3, -0.25) is 10.1 Å². The van der Waals surface area contributed by atoms with E-state index in [0.29, 0.717) is 16.7 Å². The molecule has 0 atom stereocenters. The highest BCUT2D eigenvalue weighted by Crippen LogP contribution is 2.28. The number of nitro benzene ring substituents is 1. The van der Waals surface area contributed by atoms with Crippen molar-refractivity contribution in [3.05, 3.63) is 48.9 Å². The number of benzene rings is 1. The van der Waals surface area contributed by atoms with Crippen LogP contribution in [-0.2, 0) is 13.0 Å². The fourth-order valence-electron chi connectivity index (χ4n) is 1.57. The first kappa shape index (κ1) is 14.0. The summed E-state index contributed by atoms with van der Waals surface area (Å²) in [4.78, 5) is 16.1. The van der Waals surface area contributed by atoms with Crippen molar-refractivity contribution in [2.45, 2.75) is 19.9 Å². The molecule has 0 aliphatic heterocycles. The number of hydrogen-bond acceptors (Lipinski definition) is 5. The lowest BCUT2D eigenvalue weighted by atomic mass is 10.2. The summed E-state index contributed by atoms with van der Waals surface area (Å²) < 4.78 is 0.687. The van der Waals surface area contributed by atoms with E-state index in [0.717, 1.165) is 11.4 Å². The number of nitro groups is 1. The zero-order chi connectivity index (χ0) is 13.8. The molecule has 0 fully saturated rings. The number of halogens is 1. The van der Waals surface area contributed by atoms with Crippen molar-refractivity contribution in [1.82, 2.24) is 4.98 Å². The number of hydrogen-bond donors (Lipinski definition) is 1. The van der Waals surface area contributed by atoms with Gasteiger partial charge in [-0.1, -0.05) is 22.9 Å². The first-order valence-corrected chi connectivity index (χ1v) is 7.32. The molecule has 0 amide bonds. The third-order valence-electron chi connectivity index (χ3n) is 2.54. The topological polar surface area (TPSA) is 68.1 Å². The Morgan fingerprint density at radius 3 is 2.95 bits per heavy atom. The Kier molecular flexibility index (Phi) is 4.49. The minimum Gasteiger partial charge on any atom is -0.373 e. The van der Waals surface area contributed by atoms with E-state index in [4.69, 9.17) is 0 Å². The van der Waals surface area contributed by atoms with Crippen LogP contribution in [0.5, 0.6) is 0 Å². The second-order valence-corrected chi connectivity index (χ2v) is 5.96. The average molecular weight is 342 g/mol. The quantitative estimate of drug-likeness (QED) is 0.659. The highest BCUT2D eigenvalue weighted by atomic mass is 79.9. The third-order valence-corrected chi connectivity index (χ3v) is 4.17. The largest absolute Gasteiger partial charge is 0.373 e. The standard InChI is InChI=1S/C12H12BrN3O2S/c1-2-9-6-15-12(19-9)7-14-10-4-3-8(13)5-11(10)16(17)18/h3-6,14H,2,7H2,1H3. The van der Waals surface area contributed by atoms with Gasteiger partial charge >= 0.3 is 0 Å². The summed E-state index contributed by atoms with van der Waals surface area (Å²) in [6.45, 7) is 2.57. The number of aromatic nitrogens is 1. The van der Waals surface area contributed by atoms with Crippen molar-refractivity contribution in [3.63, 3.8) is 0 Å². The molecular weight excluding hydrogens is 330 g/mol. The number of anilines is 1. The van der Waals surface area contributed by atoms with Crippen LogP contribution in [0.1, 0.15) is 16.8 Å². The normalized spacial score (nSPS) is 10.4. The van der Waals surface area contributed by atoms with E-state index in [-0.39, 0.29) is 5.69 Å². The molecule has 1 N–H and O–H groups in total. The van der Waals surface area contributed by atoms with Crippen LogP contribution in [0.4, 0.5) is 11.4 Å². The maximum absolute atomic E-state index is 11.0. The predicted molar refractivity (Wildman–Crippen MR) is 79.6 cm³/mol. The van der Waals surface area contributed by atoms with Gasteiger partial charge in [0, 0.05) is 21.6 Å². The number of thiazole rings is 1. The highest BCUT2D eigenvalue weighted by Gasteiger charge is 2.14. The Bertz CT molecular complexity index is 600. The molecule has 7 heteroatoms. The lowest BCUT2D eigenvalue weighted by Gasteiger charge is -2.05. The molecule has 1 aromatic carbocycles. The van der Waals surface area contributed by atoms with Gasteiger partial charge in [0.25, 0.3) is 5.69 Å². The molecule has 1 heterocycles. The van der Waals surface area contributed by atoms with Crippen molar-refractivity contribution in [2.75, 3.05) is 5.32 Å². The molecular formula is C12H12BrN3O2S. The monoisotopic (exact) mass is 341 g/mol. The second-order valence-electron chi connectivity index (χ2n) is 3.85. The average Bonchev–Trinajstić information content (AvgIpc) is 2.85. The lowest BCUT2D eigenvalue weighted by Crippen LogP contribution is -2.02. The van der Waals surface area contributed by atoms with Crippen molar-refractivity contribution in [1.29, 1.82) is 0 Å². The van der Waals surface area contributed by atoms with Gasteiger partial charge in [-0.2, -0.15) is 0 Å². The number of nitrogens with one attached hydrogen (secondary N) is 1. The molecule has 0 spiro atoms. The van der Waals surface area contributed by atoms with E-state index < -0.39 is 4.92 Å². The van der Waals surface area contributed by atoms with Crippen molar-refractivity contribution in [2.24, 2.45) is 0 Å². The van der Waals surface area contributed by atoms with Crippen LogP contribution in [-0.4, -0.2) is 9.91 Å². The van der Waals surface area contributed by atoms with E-state index in [1.165, 1.54) is 10.9 Å². The van der Waals surface area contributed by atoms with E-state index in [1.807, 2.05) is 6.20 Å². The van der Waals surface area contributed by atoms with E-state index in [9.17, 15) is 10.1 Å². The molecule has 0 aliphatic rings. The van der Waals surface area contributed by atoms with Crippen LogP contribution in [0.3, 0.4) is 0 Å². The molecule has 2 aromatic rings. The molecule has 0 aliphatic carbocycles. The Morgan fingerprint density at radius 2 is 2.32 bits per heavy atom. The fourth-order valence-corrected chi connectivity index (χ4v) is 2.72. The minimum atomic E-state index is -0.396. The van der Waals surface area contributed by atoms with Crippen LogP contribution in [0.15, 0.2) is 28.9 Å². The summed E-state index contributed by atoms with van der Waals surface area (Å²) in [6, 6.07) is 4.95. The molecule has 100 valence electrons. The van der Waals surface area contributed by atoms with Gasteiger partial charge in [0.1, 0.15) is 10.7 Å². The van der Waals surface area contributed by atoms with Crippen molar-refractivity contribution >= 4 is 38.6 Å². The van der Waals surface area contributed by atoms with Gasteiger partial charge in [0.15, 0.2) is 0 Å². The van der Waals surface area contributed by atoms with Crippen molar-refractivity contribution in [3.8, 4) is 0 Å². The molecule has 0 saturated heterocycles. The SMILES string of the molecule is CCc1cnc(CNc2ccc(Br)cc2[N+](=O)[O-])s1. The summed E-state index contributed by atoms with van der Waals surface area (Å²) in [7, 11) is 0. The van der Waals surface area contributed by atoms with E-state index in [2.05, 4.69) is 33.2 Å².